The second-order valence-electron chi connectivity index (χ2n) is 2.33. The molecular weight excluding hydrogens is 156 g/mol. The molecule has 2 N–H and O–H groups in total. The Morgan fingerprint density at radius 1 is 1.58 bits per heavy atom. The molecule has 0 aliphatic carbocycles. The average molecular weight is 168 g/mol. The molecular formula is C8H12N2O2. The van der Waals surface area contributed by atoms with Crippen LogP contribution in [0, 0.1) is 0 Å². The molecule has 1 saturated heterocycles. The van der Waals surface area contributed by atoms with Gasteiger partial charge < -0.3 is 15.4 Å². The molecule has 1 fully saturated rings. The lowest BCUT2D eigenvalue weighted by molar-refractivity contribution is -0.136. The number of hydrogen-bond acceptors (Lipinski definition) is 4. The Bertz CT molecular complexity index is 203. The molecule has 0 aromatic heterocycles. The molecule has 66 valence electrons. The van der Waals surface area contributed by atoms with Crippen molar-refractivity contribution < 1.29 is 9.53 Å². The fourth-order valence-electron chi connectivity index (χ4n) is 0.859. The van der Waals surface area contributed by atoms with Crippen molar-refractivity contribution in [2.24, 2.45) is 0 Å². The Labute approximate surface area is 71.3 Å². The maximum atomic E-state index is 10.9. The van der Waals surface area contributed by atoms with E-state index in [9.17, 15) is 4.79 Å². The minimum atomic E-state index is -0.355. The average Bonchev–Trinajstić information content (AvgIpc) is 2.53. The fraction of sp³-hybridized carbons (Fsp3) is 0.375. The van der Waals surface area contributed by atoms with Crippen molar-refractivity contribution in [1.82, 2.24) is 10.6 Å². The summed E-state index contributed by atoms with van der Waals surface area (Å²) in [6.07, 6.45) is 2.93. The van der Waals surface area contributed by atoms with Crippen LogP contribution in [-0.2, 0) is 9.53 Å². The molecule has 1 aliphatic rings. The third kappa shape index (κ3) is 2.65. The van der Waals surface area contributed by atoms with Crippen LogP contribution in [0.1, 0.15) is 0 Å². The summed E-state index contributed by atoms with van der Waals surface area (Å²) < 4.78 is 4.74. The monoisotopic (exact) mass is 168 g/mol. The Balaban J connectivity index is 2.32. The van der Waals surface area contributed by atoms with Crippen LogP contribution < -0.4 is 10.6 Å². The van der Waals surface area contributed by atoms with Crippen LogP contribution in [0.15, 0.2) is 24.6 Å². The van der Waals surface area contributed by atoms with Gasteiger partial charge in [-0.1, -0.05) is 12.7 Å². The van der Waals surface area contributed by atoms with Crippen LogP contribution in [0.5, 0.6) is 0 Å². The van der Waals surface area contributed by atoms with Gasteiger partial charge in [0.2, 0.25) is 0 Å². The number of esters is 1. The second kappa shape index (κ2) is 4.43. The first-order valence-electron chi connectivity index (χ1n) is 3.80. The van der Waals surface area contributed by atoms with Gasteiger partial charge in [-0.2, -0.15) is 0 Å². The summed E-state index contributed by atoms with van der Waals surface area (Å²) in [6, 6.07) is 0. The summed E-state index contributed by atoms with van der Waals surface area (Å²) in [7, 11) is 0. The molecule has 4 heteroatoms. The molecule has 1 rings (SSSR count). The SMILES string of the molecule is C=CCOC(=O)C=C1NCCN1. The van der Waals surface area contributed by atoms with Crippen LogP contribution in [0.3, 0.4) is 0 Å². The van der Waals surface area contributed by atoms with Gasteiger partial charge in [0, 0.05) is 13.1 Å². The van der Waals surface area contributed by atoms with Crippen LogP contribution >= 0.6 is 0 Å². The van der Waals surface area contributed by atoms with Gasteiger partial charge in [-0.15, -0.1) is 0 Å². The summed E-state index contributed by atoms with van der Waals surface area (Å²) in [5.74, 6) is 0.371. The largest absolute Gasteiger partial charge is 0.458 e. The second-order valence-corrected chi connectivity index (χ2v) is 2.33. The molecule has 0 saturated carbocycles. The van der Waals surface area contributed by atoms with Gasteiger partial charge in [0.25, 0.3) is 0 Å². The van der Waals surface area contributed by atoms with Gasteiger partial charge in [0.05, 0.1) is 6.08 Å². The van der Waals surface area contributed by atoms with Gasteiger partial charge in [-0.05, 0) is 0 Å². The van der Waals surface area contributed by atoms with Crippen LogP contribution in [0.2, 0.25) is 0 Å². The summed E-state index contributed by atoms with van der Waals surface area (Å²) in [5.41, 5.74) is 0. The quantitative estimate of drug-likeness (QED) is 0.346. The van der Waals surface area contributed by atoms with Gasteiger partial charge in [0.15, 0.2) is 0 Å². The molecule has 0 aromatic rings. The Kier molecular flexibility index (Phi) is 3.19. The van der Waals surface area contributed by atoms with E-state index in [1.54, 1.807) is 0 Å². The molecule has 0 bridgehead atoms. The highest BCUT2D eigenvalue weighted by Crippen LogP contribution is 1.91. The third-order valence-electron chi connectivity index (χ3n) is 1.36. The molecule has 0 amide bonds. The maximum Gasteiger partial charge on any atom is 0.334 e. The first-order valence-corrected chi connectivity index (χ1v) is 3.80. The number of nitrogens with one attached hydrogen (secondary N) is 2. The number of carbonyl (C=O) groups excluding carboxylic acids is 1. The van der Waals surface area contributed by atoms with Crippen LogP contribution in [0.25, 0.3) is 0 Å². The van der Waals surface area contributed by atoms with E-state index in [1.165, 1.54) is 12.2 Å². The van der Waals surface area contributed by atoms with Crippen molar-refractivity contribution in [3.05, 3.63) is 24.6 Å². The smallest absolute Gasteiger partial charge is 0.334 e. The Morgan fingerprint density at radius 3 is 2.83 bits per heavy atom. The predicted octanol–water partition coefficient (Wildman–Crippen LogP) is -0.250. The summed E-state index contributed by atoms with van der Waals surface area (Å²) in [6.45, 7) is 5.38. The molecule has 0 atom stereocenters. The zero-order chi connectivity index (χ0) is 8.81. The molecule has 0 spiro atoms. The first kappa shape index (κ1) is 8.64. The van der Waals surface area contributed by atoms with E-state index >= 15 is 0 Å². The fourth-order valence-corrected chi connectivity index (χ4v) is 0.859. The van der Waals surface area contributed by atoms with Crippen molar-refractivity contribution in [3.63, 3.8) is 0 Å². The van der Waals surface area contributed by atoms with E-state index in [0.29, 0.717) is 0 Å². The standard InChI is InChI=1S/C8H12N2O2/c1-2-5-12-8(11)6-7-9-3-4-10-7/h2,6,9-10H,1,3-5H2. The number of hydrogen-bond donors (Lipinski definition) is 2. The highest BCUT2D eigenvalue weighted by atomic mass is 16.5. The van der Waals surface area contributed by atoms with Crippen LogP contribution in [0.4, 0.5) is 0 Å². The van der Waals surface area contributed by atoms with Gasteiger partial charge in [0.1, 0.15) is 12.4 Å². The first-order chi connectivity index (χ1) is 5.83. The van der Waals surface area contributed by atoms with Crippen molar-refractivity contribution in [2.45, 2.75) is 0 Å². The molecule has 0 aromatic carbocycles. The lowest BCUT2D eigenvalue weighted by Gasteiger charge is -1.99. The lowest BCUT2D eigenvalue weighted by atomic mass is 10.5. The van der Waals surface area contributed by atoms with E-state index in [4.69, 9.17) is 4.74 Å². The lowest BCUT2D eigenvalue weighted by Crippen LogP contribution is -2.13. The summed E-state index contributed by atoms with van der Waals surface area (Å²) >= 11 is 0. The summed E-state index contributed by atoms with van der Waals surface area (Å²) in [4.78, 5) is 10.9. The zero-order valence-electron chi connectivity index (χ0n) is 6.80. The van der Waals surface area contributed by atoms with E-state index in [-0.39, 0.29) is 12.6 Å². The highest BCUT2D eigenvalue weighted by Gasteiger charge is 2.05. The number of rotatable bonds is 3. The van der Waals surface area contributed by atoms with Gasteiger partial charge >= 0.3 is 5.97 Å². The van der Waals surface area contributed by atoms with Crippen molar-refractivity contribution in [3.8, 4) is 0 Å². The number of carbonyl (C=O) groups is 1. The summed E-state index contributed by atoms with van der Waals surface area (Å²) in [5, 5.41) is 5.97. The predicted molar refractivity (Wildman–Crippen MR) is 45.2 cm³/mol. The molecule has 0 unspecified atom stereocenters. The van der Waals surface area contributed by atoms with Crippen molar-refractivity contribution in [1.29, 1.82) is 0 Å². The zero-order valence-corrected chi connectivity index (χ0v) is 6.80. The highest BCUT2D eigenvalue weighted by molar-refractivity contribution is 5.82. The van der Waals surface area contributed by atoms with E-state index in [0.717, 1.165) is 18.9 Å². The minimum absolute atomic E-state index is 0.253. The molecule has 4 nitrogen and oxygen atoms in total. The van der Waals surface area contributed by atoms with E-state index in [2.05, 4.69) is 17.2 Å². The molecule has 12 heavy (non-hydrogen) atoms. The topological polar surface area (TPSA) is 50.4 Å². The van der Waals surface area contributed by atoms with Gasteiger partial charge in [-0.25, -0.2) is 4.79 Å². The Morgan fingerprint density at radius 2 is 2.25 bits per heavy atom. The molecule has 1 heterocycles. The molecule has 0 radical (unpaired) electrons. The third-order valence-corrected chi connectivity index (χ3v) is 1.36. The van der Waals surface area contributed by atoms with Crippen molar-refractivity contribution in [2.75, 3.05) is 19.7 Å². The van der Waals surface area contributed by atoms with E-state index in [1.807, 2.05) is 0 Å². The van der Waals surface area contributed by atoms with Crippen molar-refractivity contribution >= 4 is 5.97 Å². The van der Waals surface area contributed by atoms with Crippen LogP contribution in [-0.4, -0.2) is 25.7 Å². The maximum absolute atomic E-state index is 10.9. The Hall–Kier alpha value is -1.45. The normalized spacial score (nSPS) is 14.5. The number of ether oxygens (including phenoxy) is 1. The van der Waals surface area contributed by atoms with E-state index < -0.39 is 0 Å². The minimum Gasteiger partial charge on any atom is -0.458 e. The molecule has 1 aliphatic heterocycles. The van der Waals surface area contributed by atoms with Gasteiger partial charge in [-0.3, -0.25) is 0 Å².